The summed E-state index contributed by atoms with van der Waals surface area (Å²) in [6.07, 6.45) is 12.0. The summed E-state index contributed by atoms with van der Waals surface area (Å²) in [5, 5.41) is 29.4. The zero-order chi connectivity index (χ0) is 20.4. The Kier molecular flexibility index (Phi) is 9.45. The molecule has 0 amide bonds. The zero-order valence-corrected chi connectivity index (χ0v) is 16.8. The quantitative estimate of drug-likeness (QED) is 0.390. The van der Waals surface area contributed by atoms with Crippen LogP contribution in [0.4, 0.5) is 0 Å². The van der Waals surface area contributed by atoms with E-state index in [1.165, 1.54) is 5.56 Å². The van der Waals surface area contributed by atoms with Gasteiger partial charge in [-0.2, -0.15) is 0 Å². The maximum atomic E-state index is 10.5. The van der Waals surface area contributed by atoms with Gasteiger partial charge in [0.2, 0.25) is 0 Å². The topological polar surface area (TPSA) is 77.8 Å². The lowest BCUT2D eigenvalue weighted by atomic mass is 9.86. The summed E-state index contributed by atoms with van der Waals surface area (Å²) in [5.74, 6) is 0.0378. The van der Waals surface area contributed by atoms with Gasteiger partial charge in [-0.05, 0) is 61.8 Å². The molecule has 1 aromatic rings. The minimum Gasteiger partial charge on any atom is -0.481 e. The highest BCUT2D eigenvalue weighted by Crippen LogP contribution is 2.40. The van der Waals surface area contributed by atoms with Crippen molar-refractivity contribution in [2.24, 2.45) is 17.8 Å². The van der Waals surface area contributed by atoms with E-state index < -0.39 is 12.1 Å². The van der Waals surface area contributed by atoms with Crippen LogP contribution in [-0.4, -0.2) is 33.5 Å². The summed E-state index contributed by atoms with van der Waals surface area (Å²) < 4.78 is 0. The van der Waals surface area contributed by atoms with Crippen molar-refractivity contribution in [3.8, 4) is 0 Å². The van der Waals surface area contributed by atoms with Crippen molar-refractivity contribution in [2.45, 2.75) is 64.1 Å². The smallest absolute Gasteiger partial charge is 0.303 e. The molecular weight excluding hydrogens is 352 g/mol. The molecule has 1 saturated carbocycles. The van der Waals surface area contributed by atoms with E-state index in [1.54, 1.807) is 0 Å². The Morgan fingerprint density at radius 3 is 2.71 bits per heavy atom. The molecule has 0 aromatic heterocycles. The van der Waals surface area contributed by atoms with Crippen LogP contribution in [0.3, 0.4) is 0 Å². The van der Waals surface area contributed by atoms with E-state index in [-0.39, 0.29) is 24.4 Å². The molecule has 0 saturated heterocycles. The van der Waals surface area contributed by atoms with Crippen molar-refractivity contribution in [1.82, 2.24) is 0 Å². The highest BCUT2D eigenvalue weighted by atomic mass is 16.4. The first-order chi connectivity index (χ1) is 13.5. The van der Waals surface area contributed by atoms with Gasteiger partial charge in [-0.15, -0.1) is 0 Å². The Hall–Kier alpha value is -1.91. The monoisotopic (exact) mass is 386 g/mol. The molecule has 3 N–H and O–H groups in total. The maximum absolute atomic E-state index is 10.5. The van der Waals surface area contributed by atoms with Crippen LogP contribution in [0.5, 0.6) is 0 Å². The van der Waals surface area contributed by atoms with E-state index in [0.717, 1.165) is 25.7 Å². The number of aliphatic carboxylic acids is 1. The van der Waals surface area contributed by atoms with Crippen LogP contribution < -0.4 is 0 Å². The second-order valence-electron chi connectivity index (χ2n) is 7.99. The number of hydrogen-bond acceptors (Lipinski definition) is 3. The molecule has 5 atom stereocenters. The van der Waals surface area contributed by atoms with E-state index >= 15 is 0 Å². The molecule has 0 aliphatic heterocycles. The summed E-state index contributed by atoms with van der Waals surface area (Å²) >= 11 is 0. The highest BCUT2D eigenvalue weighted by molar-refractivity contribution is 5.66. The third-order valence-electron chi connectivity index (χ3n) is 5.72. The number of carboxylic acid groups (broad SMARTS) is 1. The molecule has 0 unspecified atom stereocenters. The lowest BCUT2D eigenvalue weighted by Crippen LogP contribution is -2.18. The first-order valence-corrected chi connectivity index (χ1v) is 10.4. The molecule has 154 valence electrons. The maximum Gasteiger partial charge on any atom is 0.303 e. The van der Waals surface area contributed by atoms with Crippen molar-refractivity contribution >= 4 is 5.97 Å². The van der Waals surface area contributed by atoms with Gasteiger partial charge in [0.05, 0.1) is 12.2 Å². The number of allylic oxidation sites excluding steroid dienone is 3. The van der Waals surface area contributed by atoms with Gasteiger partial charge >= 0.3 is 5.97 Å². The van der Waals surface area contributed by atoms with Crippen molar-refractivity contribution in [2.75, 3.05) is 0 Å². The fourth-order valence-corrected chi connectivity index (χ4v) is 4.09. The van der Waals surface area contributed by atoms with Crippen LogP contribution in [0.2, 0.25) is 0 Å². The second kappa shape index (κ2) is 11.8. The Morgan fingerprint density at radius 1 is 1.25 bits per heavy atom. The summed E-state index contributed by atoms with van der Waals surface area (Å²) in [5.41, 5.74) is 1.23. The lowest BCUT2D eigenvalue weighted by molar-refractivity contribution is -0.137. The van der Waals surface area contributed by atoms with Gasteiger partial charge in [0, 0.05) is 6.42 Å². The lowest BCUT2D eigenvalue weighted by Gasteiger charge is -2.20. The number of rotatable bonds is 11. The average Bonchev–Trinajstić information content (AvgIpc) is 2.94. The van der Waals surface area contributed by atoms with Gasteiger partial charge in [-0.25, -0.2) is 0 Å². The Labute approximate surface area is 168 Å². The van der Waals surface area contributed by atoms with Crippen molar-refractivity contribution in [1.29, 1.82) is 0 Å². The van der Waals surface area contributed by atoms with Gasteiger partial charge in [0.25, 0.3) is 0 Å². The number of carbonyl (C=O) groups is 1. The van der Waals surface area contributed by atoms with Crippen LogP contribution in [0.15, 0.2) is 54.6 Å². The zero-order valence-electron chi connectivity index (χ0n) is 16.8. The van der Waals surface area contributed by atoms with E-state index in [1.807, 2.05) is 30.4 Å². The molecule has 1 aliphatic rings. The predicted molar refractivity (Wildman–Crippen MR) is 112 cm³/mol. The minimum absolute atomic E-state index is 0.156. The fourth-order valence-electron chi connectivity index (χ4n) is 4.09. The molecule has 0 heterocycles. The molecule has 2 rings (SSSR count). The molecule has 1 fully saturated rings. The molecule has 0 spiro atoms. The standard InChI is InChI=1S/C24H34O4/c1-18-17-23(26)22(11-7-2-3-8-12-24(27)28)21(18)16-15-20(25)14-13-19-9-5-4-6-10-19/h2,4-7,9-10,15-16,18,20-23,25-26H,3,8,11-14,17H2,1H3,(H,27,28)/b7-2-,16-15+/t18-,20+,21+,22-,23+/m1/s1. The summed E-state index contributed by atoms with van der Waals surface area (Å²) in [4.78, 5) is 10.5. The van der Waals surface area contributed by atoms with Crippen molar-refractivity contribution in [3.05, 3.63) is 60.2 Å². The SMILES string of the molecule is C[C@@H]1C[C@H](O)[C@H](C/C=C\CCCC(=O)O)[C@H]1/C=C/[C@@H](O)CCc1ccccc1. The minimum atomic E-state index is -0.760. The van der Waals surface area contributed by atoms with Crippen LogP contribution in [0.1, 0.15) is 51.0 Å². The number of hydrogen-bond donors (Lipinski definition) is 3. The number of unbranched alkanes of at least 4 members (excludes halogenated alkanes) is 1. The highest BCUT2D eigenvalue weighted by Gasteiger charge is 2.37. The molecule has 1 aromatic carbocycles. The first-order valence-electron chi connectivity index (χ1n) is 10.4. The molecule has 1 aliphatic carbocycles. The van der Waals surface area contributed by atoms with Gasteiger partial charge < -0.3 is 15.3 Å². The molecular formula is C24H34O4. The van der Waals surface area contributed by atoms with Crippen LogP contribution in [0, 0.1) is 17.8 Å². The van der Waals surface area contributed by atoms with Gasteiger partial charge in [0.15, 0.2) is 0 Å². The average molecular weight is 387 g/mol. The van der Waals surface area contributed by atoms with Crippen LogP contribution in [0.25, 0.3) is 0 Å². The van der Waals surface area contributed by atoms with Gasteiger partial charge in [-0.1, -0.05) is 61.6 Å². The number of aliphatic hydroxyl groups is 2. The number of carboxylic acids is 1. The van der Waals surface area contributed by atoms with E-state index in [0.29, 0.717) is 18.8 Å². The summed E-state index contributed by atoms with van der Waals surface area (Å²) in [7, 11) is 0. The molecule has 0 bridgehead atoms. The first kappa shape index (κ1) is 22.4. The molecule has 4 heteroatoms. The Morgan fingerprint density at radius 2 is 2.00 bits per heavy atom. The van der Waals surface area contributed by atoms with E-state index in [4.69, 9.17) is 5.11 Å². The van der Waals surface area contributed by atoms with Crippen molar-refractivity contribution < 1.29 is 20.1 Å². The van der Waals surface area contributed by atoms with E-state index in [2.05, 4.69) is 31.2 Å². The Bertz CT molecular complexity index is 637. The second-order valence-corrected chi connectivity index (χ2v) is 7.99. The predicted octanol–water partition coefficient (Wildman–Crippen LogP) is 4.37. The molecule has 0 radical (unpaired) electrons. The van der Waals surface area contributed by atoms with Crippen LogP contribution >= 0.6 is 0 Å². The normalized spacial score (nSPS) is 26.2. The van der Waals surface area contributed by atoms with Gasteiger partial charge in [0.1, 0.15) is 0 Å². The third kappa shape index (κ3) is 7.61. The summed E-state index contributed by atoms with van der Waals surface area (Å²) in [6.45, 7) is 2.16. The van der Waals surface area contributed by atoms with Gasteiger partial charge in [-0.3, -0.25) is 4.79 Å². The number of benzene rings is 1. The fraction of sp³-hybridized carbons (Fsp3) is 0.542. The Balaban J connectivity index is 1.82. The molecule has 28 heavy (non-hydrogen) atoms. The molecule has 4 nitrogen and oxygen atoms in total. The van der Waals surface area contributed by atoms with Crippen molar-refractivity contribution in [3.63, 3.8) is 0 Å². The van der Waals surface area contributed by atoms with E-state index in [9.17, 15) is 15.0 Å². The third-order valence-corrected chi connectivity index (χ3v) is 5.72. The largest absolute Gasteiger partial charge is 0.481 e. The van der Waals surface area contributed by atoms with Crippen LogP contribution in [-0.2, 0) is 11.2 Å². The number of aryl methyl sites for hydroxylation is 1. The number of aliphatic hydroxyl groups excluding tert-OH is 2. The summed E-state index contributed by atoms with van der Waals surface area (Å²) in [6, 6.07) is 10.2.